The van der Waals surface area contributed by atoms with Gasteiger partial charge in [0.2, 0.25) is 9.76 Å². The van der Waals surface area contributed by atoms with E-state index in [1.54, 1.807) is 26.8 Å². The average molecular weight is 430 g/mol. The summed E-state index contributed by atoms with van der Waals surface area (Å²) in [5.74, 6) is 0. The number of ether oxygens (including phenoxy) is 1. The Morgan fingerprint density at radius 3 is 2.25 bits per heavy atom. The molecule has 0 heterocycles. The van der Waals surface area contributed by atoms with Gasteiger partial charge in [0.05, 0.1) is 12.1 Å². The van der Waals surface area contributed by atoms with E-state index in [1.807, 2.05) is 26.0 Å². The first-order chi connectivity index (χ1) is 12.6. The van der Waals surface area contributed by atoms with Crippen molar-refractivity contribution in [1.82, 2.24) is 4.90 Å². The minimum absolute atomic E-state index is 0.0296. The number of hydrogen-bond donors (Lipinski definition) is 0. The Hall–Kier alpha value is -1.11. The largest absolute Gasteiger partial charge is 0.444 e. The molecule has 1 rings (SSSR count). The Morgan fingerprint density at radius 1 is 1.14 bits per heavy atom. The topological polar surface area (TPSA) is 38.8 Å². The van der Waals surface area contributed by atoms with Gasteiger partial charge in [-0.1, -0.05) is 38.4 Å². The van der Waals surface area contributed by atoms with Crippen molar-refractivity contribution in [1.29, 1.82) is 0 Å². The molecular formula is C21H33ClFNO3Si. The summed E-state index contributed by atoms with van der Waals surface area (Å²) in [6, 6.07) is 5.55. The van der Waals surface area contributed by atoms with E-state index in [0.29, 0.717) is 14.8 Å². The molecule has 0 bridgehead atoms. The Balaban J connectivity index is 3.05. The zero-order valence-corrected chi connectivity index (χ0v) is 20.0. The Morgan fingerprint density at radius 2 is 1.75 bits per heavy atom. The van der Waals surface area contributed by atoms with Gasteiger partial charge in [0.15, 0.2) is 0 Å². The van der Waals surface area contributed by atoms with E-state index in [1.165, 1.54) is 4.90 Å². The fraction of sp³-hybridized carbons (Fsp3) is 0.667. The van der Waals surface area contributed by atoms with E-state index in [9.17, 15) is 9.18 Å². The number of alkyl halides is 1. The number of halogens is 2. The quantitative estimate of drug-likeness (QED) is 0.489. The molecular weight excluding hydrogens is 397 g/mol. The third-order valence-electron chi connectivity index (χ3n) is 3.67. The van der Waals surface area contributed by atoms with Crippen LogP contribution < -0.4 is 0 Å². The lowest BCUT2D eigenvalue weighted by atomic mass is 9.96. The molecule has 1 aromatic rings. The van der Waals surface area contributed by atoms with Crippen LogP contribution in [0.4, 0.5) is 9.18 Å². The van der Waals surface area contributed by atoms with Crippen LogP contribution in [-0.4, -0.2) is 39.6 Å². The van der Waals surface area contributed by atoms with Crippen molar-refractivity contribution in [3.05, 3.63) is 34.3 Å². The van der Waals surface area contributed by atoms with Gasteiger partial charge in [-0.25, -0.2) is 9.18 Å². The normalized spacial score (nSPS) is 12.8. The molecule has 0 aromatic heterocycles. The van der Waals surface area contributed by atoms with Gasteiger partial charge >= 0.3 is 6.09 Å². The van der Waals surface area contributed by atoms with Crippen molar-refractivity contribution < 1.29 is 18.3 Å². The molecule has 0 N–H and O–H groups in total. The SMILES string of the molecule is CC(C)(C)OC(=O)N(CCF)Cc1ccc(Cl)c(C(C)(C)O[Si]C(C)(C)C)c1. The maximum absolute atomic E-state index is 13.0. The predicted octanol–water partition coefficient (Wildman–Crippen LogP) is 6.14. The maximum atomic E-state index is 13.0. The molecule has 0 fully saturated rings. The summed E-state index contributed by atoms with van der Waals surface area (Å²) in [4.78, 5) is 13.8. The molecule has 2 radical (unpaired) electrons. The third kappa shape index (κ3) is 8.49. The molecule has 0 spiro atoms. The van der Waals surface area contributed by atoms with E-state index in [0.717, 1.165) is 11.1 Å². The number of carbonyl (C=O) groups is 1. The van der Waals surface area contributed by atoms with Gasteiger partial charge in [0, 0.05) is 17.1 Å². The highest BCUT2D eigenvalue weighted by Gasteiger charge is 2.28. The van der Waals surface area contributed by atoms with Crippen LogP contribution in [0.1, 0.15) is 66.5 Å². The average Bonchev–Trinajstić information content (AvgIpc) is 2.52. The molecule has 0 saturated heterocycles. The van der Waals surface area contributed by atoms with Gasteiger partial charge < -0.3 is 14.1 Å². The van der Waals surface area contributed by atoms with Crippen molar-refractivity contribution in [2.75, 3.05) is 13.2 Å². The summed E-state index contributed by atoms with van der Waals surface area (Å²) >= 11 is 6.44. The van der Waals surface area contributed by atoms with E-state index in [2.05, 4.69) is 20.8 Å². The Kier molecular flexibility index (Phi) is 8.54. The van der Waals surface area contributed by atoms with Crippen molar-refractivity contribution in [2.45, 2.75) is 78.2 Å². The van der Waals surface area contributed by atoms with Crippen LogP contribution in [0, 0.1) is 0 Å². The first-order valence-electron chi connectivity index (χ1n) is 9.42. The molecule has 0 aliphatic carbocycles. The Labute approximate surface area is 176 Å². The van der Waals surface area contributed by atoms with Gasteiger partial charge in [-0.05, 0) is 57.4 Å². The van der Waals surface area contributed by atoms with Gasteiger partial charge in [0.25, 0.3) is 0 Å². The molecule has 0 atom stereocenters. The first kappa shape index (κ1) is 24.9. The lowest BCUT2D eigenvalue weighted by Crippen LogP contribution is -2.37. The van der Waals surface area contributed by atoms with Crippen LogP contribution in [0.5, 0.6) is 0 Å². The van der Waals surface area contributed by atoms with Gasteiger partial charge in [0.1, 0.15) is 12.3 Å². The van der Waals surface area contributed by atoms with Gasteiger partial charge in [-0.3, -0.25) is 0 Å². The zero-order valence-electron chi connectivity index (χ0n) is 18.3. The predicted molar refractivity (Wildman–Crippen MR) is 114 cm³/mol. The minimum atomic E-state index is -0.638. The summed E-state index contributed by atoms with van der Waals surface area (Å²) in [6.07, 6.45) is -0.536. The van der Waals surface area contributed by atoms with Crippen LogP contribution in [0.15, 0.2) is 18.2 Å². The number of rotatable bonds is 7. The maximum Gasteiger partial charge on any atom is 0.410 e. The van der Waals surface area contributed by atoms with Crippen LogP contribution >= 0.6 is 11.6 Å². The van der Waals surface area contributed by atoms with E-state index in [4.69, 9.17) is 20.8 Å². The third-order valence-corrected chi connectivity index (χ3v) is 5.23. The summed E-state index contributed by atoms with van der Waals surface area (Å²) in [7, 11) is 0.304. The summed E-state index contributed by atoms with van der Waals surface area (Å²) in [5, 5.41) is 0.650. The lowest BCUT2D eigenvalue weighted by molar-refractivity contribution is 0.0222. The second kappa shape index (κ2) is 9.59. The summed E-state index contributed by atoms with van der Waals surface area (Å²) < 4.78 is 24.5. The molecule has 0 saturated carbocycles. The number of carbonyl (C=O) groups excluding carboxylic acids is 1. The molecule has 1 aromatic carbocycles. The van der Waals surface area contributed by atoms with Crippen LogP contribution in [-0.2, 0) is 21.3 Å². The van der Waals surface area contributed by atoms with Crippen molar-refractivity contribution in [3.63, 3.8) is 0 Å². The highest BCUT2D eigenvalue weighted by Crippen LogP contribution is 2.34. The number of benzene rings is 1. The fourth-order valence-electron chi connectivity index (χ4n) is 2.35. The molecule has 7 heteroatoms. The van der Waals surface area contributed by atoms with E-state index >= 15 is 0 Å². The molecule has 0 unspecified atom stereocenters. The standard InChI is InChI=1S/C21H33ClFNO3Si/c1-19(2,3)26-18(25)24(12-11-23)14-15-9-10-17(22)16(13-15)21(7,8)27-28-20(4,5)6/h9-10,13H,11-12,14H2,1-8H3. The fourth-order valence-corrected chi connectivity index (χ4v) is 3.37. The molecule has 0 aliphatic rings. The smallest absolute Gasteiger partial charge is 0.410 e. The second-order valence-electron chi connectivity index (χ2n) is 9.37. The summed E-state index contributed by atoms with van der Waals surface area (Å²) in [6.45, 7) is 15.2. The van der Waals surface area contributed by atoms with E-state index < -0.39 is 24.0 Å². The zero-order chi connectivity index (χ0) is 21.8. The van der Waals surface area contributed by atoms with Gasteiger partial charge in [-0.15, -0.1) is 0 Å². The van der Waals surface area contributed by atoms with Crippen molar-refractivity contribution in [3.8, 4) is 0 Å². The highest BCUT2D eigenvalue weighted by atomic mass is 35.5. The molecule has 1 amide bonds. The van der Waals surface area contributed by atoms with Gasteiger partial charge in [-0.2, -0.15) is 0 Å². The molecule has 0 aliphatic heterocycles. The van der Waals surface area contributed by atoms with Crippen LogP contribution in [0.25, 0.3) is 0 Å². The minimum Gasteiger partial charge on any atom is -0.444 e. The first-order valence-corrected chi connectivity index (χ1v) is 10.7. The van der Waals surface area contributed by atoms with Crippen LogP contribution in [0.2, 0.25) is 10.1 Å². The van der Waals surface area contributed by atoms with Crippen molar-refractivity contribution >= 4 is 27.5 Å². The Bertz CT molecular complexity index is 669. The second-order valence-corrected chi connectivity index (χ2v) is 11.7. The molecule has 158 valence electrons. The lowest BCUT2D eigenvalue weighted by Gasteiger charge is -2.31. The number of nitrogens with zero attached hydrogens (tertiary/aromatic N) is 1. The monoisotopic (exact) mass is 429 g/mol. The van der Waals surface area contributed by atoms with E-state index in [-0.39, 0.29) is 18.1 Å². The number of amides is 1. The molecule has 28 heavy (non-hydrogen) atoms. The highest BCUT2D eigenvalue weighted by molar-refractivity contribution is 6.32. The van der Waals surface area contributed by atoms with Crippen molar-refractivity contribution in [2.24, 2.45) is 0 Å². The van der Waals surface area contributed by atoms with Crippen LogP contribution in [0.3, 0.4) is 0 Å². The number of hydrogen-bond acceptors (Lipinski definition) is 3. The summed E-state index contributed by atoms with van der Waals surface area (Å²) in [5.41, 5.74) is 0.457. The molecule has 4 nitrogen and oxygen atoms in total.